The first-order chi connectivity index (χ1) is 56.9. The van der Waals surface area contributed by atoms with Crippen molar-refractivity contribution in [3.8, 4) is 0 Å². The molecule has 38 nitrogen and oxygen atoms in total. The van der Waals surface area contributed by atoms with Crippen LogP contribution < -0.4 is 5.32 Å². The molecule has 8 aliphatic rings. The first-order valence-electron chi connectivity index (χ1n) is 41.8. The molecule has 8 aliphatic heterocycles. The van der Waals surface area contributed by atoms with E-state index in [1.54, 1.807) is 48.8 Å². The molecule has 1 aromatic rings. The zero-order valence-corrected chi connectivity index (χ0v) is 72.8. The van der Waals surface area contributed by atoms with Crippen molar-refractivity contribution in [1.29, 1.82) is 0 Å². The third-order valence-corrected chi connectivity index (χ3v) is 24.9. The van der Waals surface area contributed by atoms with Gasteiger partial charge < -0.3 is 119 Å². The van der Waals surface area contributed by atoms with Crippen LogP contribution >= 0.6 is 0 Å². The Morgan fingerprint density at radius 1 is 0.353 bits per heavy atom. The molecular weight excluding hydrogens is 1560 g/mol. The second-order valence-corrected chi connectivity index (χ2v) is 33.0. The molecule has 38 heteroatoms. The number of carbonyl (C=O) groups excluding carboxylic acids is 4. The molecule has 16 unspecified atom stereocenters. The van der Waals surface area contributed by atoms with E-state index in [1.165, 1.54) is 47.5 Å². The van der Waals surface area contributed by atoms with Crippen LogP contribution in [0.2, 0.25) is 0 Å². The molecule has 0 aliphatic carbocycles. The Bertz CT molecular complexity index is 3500. The molecule has 672 valence electrons. The summed E-state index contributed by atoms with van der Waals surface area (Å²) in [6.45, 7) is 28.8. The van der Waals surface area contributed by atoms with E-state index in [-0.39, 0.29) is 62.4 Å². The molecule has 8 fully saturated rings. The van der Waals surface area contributed by atoms with Gasteiger partial charge in [-0.15, -0.1) is 0 Å². The number of methoxy groups -OCH3 is 4. The summed E-state index contributed by atoms with van der Waals surface area (Å²) in [6.07, 6.45) is -19.9. The van der Waals surface area contributed by atoms with E-state index in [0.29, 0.717) is 6.61 Å². The fraction of sp³-hybridized carbons (Fsp3) is 0.877. The number of carbonyl (C=O) groups is 4. The number of nitrogens with one attached hydrogen (secondary N) is 1. The first-order valence-corrected chi connectivity index (χ1v) is 41.8. The second kappa shape index (κ2) is 45.7. The fourth-order valence-electron chi connectivity index (χ4n) is 18.1. The Balaban J connectivity index is 0.860. The van der Waals surface area contributed by atoms with Gasteiger partial charge in [0.05, 0.1) is 97.4 Å². The zero-order valence-electron chi connectivity index (χ0n) is 72.8. The third-order valence-electron chi connectivity index (χ3n) is 24.9. The standard InChI is InChI=1S/C81H130N10O28/c1-37-46(10)105-74(42(6)63(37)96-19)114-65-39(3)60(86-89-82)79(110-56(65)34-102-51(15)93)118-72-48(12)107-76(44(8)69(72)98-21)116-67-41(5)62(88-91-84)81(112-58(67)36-104-53(17)95)119-73-49(13)108-77(45(9)70(73)99-22)115-66-40(4)61(87-90-83)80(111-57(66)35-103-52(16)94)117-71-47(11)106-75(43(7)68(71)97-20)113-64-38(2)59(85-18)78(109-55(64)33-101-50(14)92)100-32-28-24-27-31-54-29-25-23-26-30-54/h23,25-26,29-30,37-49,55-81,85H,24,27-28,31-36H2,1-22H3/t37-,38-,39-,40-,41-,42+,43+,44+,45+,46?,47?,48?,49?,55?,56?,57?,58?,59?,60?,61?,62?,63?,64+,65+,66+,67+,68?,69?,70?,71+,72+,73-,74+,75+,76+,77+,78-,79-,80-,81-/m1/s1. The number of ether oxygens (including phenoxy) is 24. The number of hydrogen-bond donors (Lipinski definition) is 1. The Morgan fingerprint density at radius 3 is 0.966 bits per heavy atom. The van der Waals surface area contributed by atoms with Gasteiger partial charge in [0.15, 0.2) is 50.3 Å². The van der Waals surface area contributed by atoms with E-state index in [1.807, 2.05) is 80.6 Å². The van der Waals surface area contributed by atoms with Crippen molar-refractivity contribution < 1.29 is 133 Å². The van der Waals surface area contributed by atoms with Gasteiger partial charge in [0.1, 0.15) is 69.2 Å². The SMILES string of the molecule is CNC1[C@H](OCCCCCc2ccccc2)OC(COC(C)=O)[C@@H](O[C@@H]2OC(C)[C@H](O[C@H]3OC(COC(C)=O)[C@@H](O[C@@H]4OC(C)[C@@H](O[C@H]5OC(COC(C)=O)[C@@H](O[C@@H]6OC(C)[C@H](O[C@H]7OC(COC(C)=O)[C@@H](O[C@@H]8OC(C)[C@@H](C)C(OC)[C@@H]8C)[C@H](C)C7N=[N+]=[N-])C(OC)[C@@H]6C)[C@H](C)C5N=[N+]=[N-])C(OC)[C@@H]4C)[C@H](C)C3N=[N+]=[N-])C(OC)[C@@H]2C)[C@@H]1C. The smallest absolute Gasteiger partial charge is 0.302 e. The molecule has 0 radical (unpaired) electrons. The maximum Gasteiger partial charge on any atom is 0.302 e. The summed E-state index contributed by atoms with van der Waals surface area (Å²) in [6, 6.07) is 6.84. The van der Waals surface area contributed by atoms with Gasteiger partial charge in [-0.05, 0) is 93.9 Å². The lowest BCUT2D eigenvalue weighted by atomic mass is 9.85. The average Bonchev–Trinajstić information content (AvgIpc) is 0.771. The summed E-state index contributed by atoms with van der Waals surface area (Å²) in [5, 5.41) is 16.0. The van der Waals surface area contributed by atoms with Crippen LogP contribution in [0.1, 0.15) is 143 Å². The lowest BCUT2D eigenvalue weighted by Gasteiger charge is -2.52. The minimum atomic E-state index is -1.34. The van der Waals surface area contributed by atoms with E-state index in [9.17, 15) is 35.8 Å². The summed E-state index contributed by atoms with van der Waals surface area (Å²) in [4.78, 5) is 59.7. The lowest BCUT2D eigenvalue weighted by Crippen LogP contribution is -2.64. The summed E-state index contributed by atoms with van der Waals surface area (Å²) in [5.74, 6) is -6.61. The van der Waals surface area contributed by atoms with Crippen LogP contribution in [0.3, 0.4) is 0 Å². The number of benzene rings is 1. The predicted molar refractivity (Wildman–Crippen MR) is 420 cm³/mol. The van der Waals surface area contributed by atoms with Gasteiger partial charge in [-0.1, -0.05) is 114 Å². The molecule has 0 bridgehead atoms. The highest BCUT2D eigenvalue weighted by Crippen LogP contribution is 2.46. The Labute approximate surface area is 697 Å². The van der Waals surface area contributed by atoms with Crippen LogP contribution in [0.25, 0.3) is 31.3 Å². The number of aryl methyl sites for hydroxylation is 1. The topological polar surface area (TPSA) is 448 Å². The number of hydrogen-bond acceptors (Lipinski definition) is 32. The Kier molecular flexibility index (Phi) is 37.3. The molecule has 40 atom stereocenters. The molecule has 0 saturated carbocycles. The van der Waals surface area contributed by atoms with Crippen LogP contribution in [0, 0.1) is 53.3 Å². The lowest BCUT2D eigenvalue weighted by molar-refractivity contribution is -0.371. The molecule has 1 N–H and O–H groups in total. The molecule has 8 saturated heterocycles. The highest BCUT2D eigenvalue weighted by Gasteiger charge is 2.59. The van der Waals surface area contributed by atoms with E-state index in [2.05, 4.69) is 47.5 Å². The van der Waals surface area contributed by atoms with Crippen molar-refractivity contribution in [3.05, 3.63) is 67.2 Å². The van der Waals surface area contributed by atoms with Crippen molar-refractivity contribution >= 4 is 23.9 Å². The quantitative estimate of drug-likeness (QED) is 0.0162. The Hall–Kier alpha value is -5.81. The van der Waals surface area contributed by atoms with Gasteiger partial charge in [0.25, 0.3) is 0 Å². The van der Waals surface area contributed by atoms with Crippen LogP contribution in [-0.2, 0) is 139 Å². The van der Waals surface area contributed by atoms with Crippen LogP contribution in [-0.4, -0.2) is 283 Å². The Morgan fingerprint density at radius 2 is 0.655 bits per heavy atom. The van der Waals surface area contributed by atoms with Crippen molar-refractivity contribution in [2.45, 2.75) is 334 Å². The molecule has 0 amide bonds. The van der Waals surface area contributed by atoms with Gasteiger partial charge in [-0.3, -0.25) is 19.2 Å². The summed E-state index contributed by atoms with van der Waals surface area (Å²) >= 11 is 0. The van der Waals surface area contributed by atoms with Crippen molar-refractivity contribution in [2.75, 3.05) is 68.5 Å². The van der Waals surface area contributed by atoms with Crippen LogP contribution in [0.4, 0.5) is 0 Å². The zero-order chi connectivity index (χ0) is 86.8. The van der Waals surface area contributed by atoms with Crippen LogP contribution in [0.15, 0.2) is 45.7 Å². The van der Waals surface area contributed by atoms with E-state index >= 15 is 0 Å². The summed E-state index contributed by atoms with van der Waals surface area (Å²) in [5.41, 5.74) is 31.9. The molecule has 0 spiro atoms. The number of likely N-dealkylation sites (N-methyl/N-ethyl adjacent to an activating group) is 1. The summed E-state index contributed by atoms with van der Waals surface area (Å²) in [7, 11) is 8.02. The highest BCUT2D eigenvalue weighted by molar-refractivity contribution is 5.66. The number of esters is 4. The van der Waals surface area contributed by atoms with Gasteiger partial charge in [-0.25, -0.2) is 0 Å². The molecule has 9 rings (SSSR count). The third kappa shape index (κ3) is 24.0. The van der Waals surface area contributed by atoms with E-state index in [0.717, 1.165) is 25.7 Å². The predicted octanol–water partition coefficient (Wildman–Crippen LogP) is 9.65. The number of unbranched alkanes of at least 4 members (excludes halogenated alkanes) is 2. The number of nitrogens with zero attached hydrogens (tertiary/aromatic N) is 9. The minimum Gasteiger partial charge on any atom is -0.463 e. The highest BCUT2D eigenvalue weighted by atomic mass is 16.8. The van der Waals surface area contributed by atoms with Crippen LogP contribution in [0.5, 0.6) is 0 Å². The van der Waals surface area contributed by atoms with Crippen molar-refractivity contribution in [1.82, 2.24) is 5.32 Å². The molecule has 119 heavy (non-hydrogen) atoms. The van der Waals surface area contributed by atoms with Crippen molar-refractivity contribution in [3.63, 3.8) is 0 Å². The molecule has 1 aromatic carbocycles. The van der Waals surface area contributed by atoms with Gasteiger partial charge >= 0.3 is 23.9 Å². The molecule has 0 aromatic heterocycles. The van der Waals surface area contributed by atoms with E-state index < -0.39 is 232 Å². The normalized spacial score (nSPS) is 42.5. The minimum absolute atomic E-state index is 0.0538. The number of azide groups is 3. The number of rotatable bonds is 37. The monoisotopic (exact) mass is 1690 g/mol. The maximum atomic E-state index is 12.7. The largest absolute Gasteiger partial charge is 0.463 e. The molecular formula is C81H130N10O28. The second-order valence-electron chi connectivity index (χ2n) is 33.0. The first kappa shape index (κ1) is 97.0. The van der Waals surface area contributed by atoms with Gasteiger partial charge in [0, 0.05) is 113 Å². The van der Waals surface area contributed by atoms with E-state index in [4.69, 9.17) is 114 Å². The fourth-order valence-corrected chi connectivity index (χ4v) is 18.1. The van der Waals surface area contributed by atoms with Crippen molar-refractivity contribution in [2.24, 2.45) is 68.6 Å². The molecule has 8 heterocycles. The maximum absolute atomic E-state index is 12.7. The summed E-state index contributed by atoms with van der Waals surface area (Å²) < 4.78 is 155. The van der Waals surface area contributed by atoms with Gasteiger partial charge in [0.2, 0.25) is 0 Å². The average molecular weight is 1690 g/mol. The van der Waals surface area contributed by atoms with Gasteiger partial charge in [-0.2, -0.15) is 0 Å².